The van der Waals surface area contributed by atoms with E-state index in [-0.39, 0.29) is 23.7 Å². The van der Waals surface area contributed by atoms with Gasteiger partial charge in [0.1, 0.15) is 6.04 Å². The fourth-order valence-electron chi connectivity index (χ4n) is 3.37. The topological polar surface area (TPSA) is 120 Å². The van der Waals surface area contributed by atoms with E-state index in [1.807, 2.05) is 45.0 Å². The highest BCUT2D eigenvalue weighted by atomic mass is 32.2. The Balaban J connectivity index is 1.64. The summed E-state index contributed by atoms with van der Waals surface area (Å²) in [7, 11) is -3.90. The van der Waals surface area contributed by atoms with Crippen LogP contribution in [0, 0.1) is 12.8 Å². The van der Waals surface area contributed by atoms with E-state index in [0.29, 0.717) is 0 Å². The second kappa shape index (κ2) is 9.97. The highest BCUT2D eigenvalue weighted by molar-refractivity contribution is 7.89. The van der Waals surface area contributed by atoms with Crippen LogP contribution >= 0.6 is 0 Å². The monoisotopic (exact) mass is 456 g/mol. The zero-order valence-electron chi connectivity index (χ0n) is 18.3. The Morgan fingerprint density at radius 1 is 1.00 bits per heavy atom. The molecule has 2 amide bonds. The minimum Gasteiger partial charge on any atom is -0.361 e. The summed E-state index contributed by atoms with van der Waals surface area (Å²) < 4.78 is 27.9. The predicted octanol–water partition coefficient (Wildman–Crippen LogP) is 2.56. The molecule has 9 heteroatoms. The maximum Gasteiger partial charge on any atom is 0.256 e. The van der Waals surface area contributed by atoms with E-state index in [4.69, 9.17) is 0 Å². The molecule has 170 valence electrons. The summed E-state index contributed by atoms with van der Waals surface area (Å²) in [6.45, 7) is 5.63. The lowest BCUT2D eigenvalue weighted by Crippen LogP contribution is -2.52. The fourth-order valence-corrected chi connectivity index (χ4v) is 4.57. The molecule has 1 unspecified atom stereocenters. The summed E-state index contributed by atoms with van der Waals surface area (Å²) in [5.74, 6) is -0.983. The number of amides is 2. The number of aromatic amines is 1. The number of carbonyl (C=O) groups is 2. The van der Waals surface area contributed by atoms with Crippen molar-refractivity contribution in [1.29, 1.82) is 0 Å². The molecule has 0 saturated heterocycles. The van der Waals surface area contributed by atoms with Crippen LogP contribution < -0.4 is 15.6 Å². The molecule has 2 aromatic carbocycles. The number of benzene rings is 2. The van der Waals surface area contributed by atoms with E-state index in [1.165, 1.54) is 12.1 Å². The van der Waals surface area contributed by atoms with Crippen molar-refractivity contribution < 1.29 is 18.0 Å². The molecule has 3 rings (SSSR count). The van der Waals surface area contributed by atoms with Crippen molar-refractivity contribution in [3.8, 4) is 0 Å². The van der Waals surface area contributed by atoms with Crippen molar-refractivity contribution in [3.63, 3.8) is 0 Å². The SMILES string of the molecule is Cc1ccc(S(=O)(=O)NC(CC(C)C)C(=O)NNC(=O)Cc2c[nH]c3ccccc23)cc1. The Kier molecular flexibility index (Phi) is 7.32. The molecule has 32 heavy (non-hydrogen) atoms. The van der Waals surface area contributed by atoms with Crippen LogP contribution in [0.4, 0.5) is 0 Å². The number of carbonyl (C=O) groups excluding carboxylic acids is 2. The number of aromatic nitrogens is 1. The summed E-state index contributed by atoms with van der Waals surface area (Å²) in [5.41, 5.74) is 7.39. The van der Waals surface area contributed by atoms with Gasteiger partial charge in [-0.2, -0.15) is 4.72 Å². The van der Waals surface area contributed by atoms with Crippen LogP contribution in [0.25, 0.3) is 10.9 Å². The van der Waals surface area contributed by atoms with Gasteiger partial charge >= 0.3 is 0 Å². The Hall–Kier alpha value is -3.17. The van der Waals surface area contributed by atoms with E-state index in [2.05, 4.69) is 20.6 Å². The van der Waals surface area contributed by atoms with Gasteiger partial charge in [-0.1, -0.05) is 49.7 Å². The molecule has 1 aromatic heterocycles. The van der Waals surface area contributed by atoms with Gasteiger partial charge in [-0.15, -0.1) is 0 Å². The van der Waals surface area contributed by atoms with Gasteiger partial charge in [0.25, 0.3) is 5.91 Å². The molecule has 1 heterocycles. The van der Waals surface area contributed by atoms with Gasteiger partial charge in [0.05, 0.1) is 11.3 Å². The molecule has 0 fully saturated rings. The van der Waals surface area contributed by atoms with E-state index in [1.54, 1.807) is 18.3 Å². The first-order chi connectivity index (χ1) is 15.2. The number of hydrazine groups is 1. The lowest BCUT2D eigenvalue weighted by atomic mass is 10.0. The minimum absolute atomic E-state index is 0.0494. The normalized spacial score (nSPS) is 12.6. The lowest BCUT2D eigenvalue weighted by Gasteiger charge is -2.20. The number of aryl methyl sites for hydroxylation is 1. The number of para-hydroxylation sites is 1. The summed E-state index contributed by atoms with van der Waals surface area (Å²) in [6.07, 6.45) is 2.09. The first-order valence-electron chi connectivity index (χ1n) is 10.4. The van der Waals surface area contributed by atoms with Crippen molar-refractivity contribution in [2.75, 3.05) is 0 Å². The van der Waals surface area contributed by atoms with Crippen LogP contribution in [-0.4, -0.2) is 31.3 Å². The minimum atomic E-state index is -3.90. The van der Waals surface area contributed by atoms with E-state index >= 15 is 0 Å². The largest absolute Gasteiger partial charge is 0.361 e. The zero-order chi connectivity index (χ0) is 23.3. The van der Waals surface area contributed by atoms with Crippen LogP contribution in [0.3, 0.4) is 0 Å². The third kappa shape index (κ3) is 5.95. The molecule has 0 aliphatic carbocycles. The van der Waals surface area contributed by atoms with Crippen molar-refractivity contribution in [1.82, 2.24) is 20.6 Å². The molecule has 8 nitrogen and oxygen atoms in total. The molecule has 1 atom stereocenters. The Labute approximate surface area is 187 Å². The second-order valence-electron chi connectivity index (χ2n) is 8.19. The molecule has 0 aliphatic rings. The zero-order valence-corrected chi connectivity index (χ0v) is 19.1. The number of H-pyrrole nitrogens is 1. The summed E-state index contributed by atoms with van der Waals surface area (Å²) in [4.78, 5) is 28.2. The highest BCUT2D eigenvalue weighted by Crippen LogP contribution is 2.18. The molecule has 0 radical (unpaired) electrons. The number of rotatable bonds is 8. The predicted molar refractivity (Wildman–Crippen MR) is 123 cm³/mol. The van der Waals surface area contributed by atoms with Crippen LogP contribution in [0.1, 0.15) is 31.4 Å². The van der Waals surface area contributed by atoms with Crippen molar-refractivity contribution in [2.45, 2.75) is 44.6 Å². The van der Waals surface area contributed by atoms with Gasteiger partial charge in [0.15, 0.2) is 0 Å². The quantitative estimate of drug-likeness (QED) is 0.389. The maximum atomic E-state index is 12.7. The van der Waals surface area contributed by atoms with Crippen molar-refractivity contribution in [2.24, 2.45) is 5.92 Å². The maximum absolute atomic E-state index is 12.7. The van der Waals surface area contributed by atoms with Gasteiger partial charge in [0, 0.05) is 17.1 Å². The molecule has 4 N–H and O–H groups in total. The lowest BCUT2D eigenvalue weighted by molar-refractivity contribution is -0.129. The third-order valence-electron chi connectivity index (χ3n) is 5.00. The Morgan fingerprint density at radius 2 is 1.69 bits per heavy atom. The number of sulfonamides is 1. The molecular formula is C23H28N4O4S. The van der Waals surface area contributed by atoms with Gasteiger partial charge in [-0.05, 0) is 43.0 Å². The van der Waals surface area contributed by atoms with Crippen LogP contribution in [-0.2, 0) is 26.0 Å². The molecule has 0 aliphatic heterocycles. The first kappa shape index (κ1) is 23.5. The molecule has 0 bridgehead atoms. The molecular weight excluding hydrogens is 428 g/mol. The third-order valence-corrected chi connectivity index (χ3v) is 6.49. The number of fused-ring (bicyclic) bond motifs is 1. The highest BCUT2D eigenvalue weighted by Gasteiger charge is 2.27. The van der Waals surface area contributed by atoms with Gasteiger partial charge in [-0.3, -0.25) is 20.4 Å². The van der Waals surface area contributed by atoms with Gasteiger partial charge in [0.2, 0.25) is 15.9 Å². The summed E-state index contributed by atoms with van der Waals surface area (Å²) in [5, 5.41) is 0.928. The Bertz CT molecular complexity index is 1200. The van der Waals surface area contributed by atoms with Crippen molar-refractivity contribution >= 4 is 32.7 Å². The average Bonchev–Trinajstić information content (AvgIpc) is 3.14. The summed E-state index contributed by atoms with van der Waals surface area (Å²) in [6, 6.07) is 12.9. The van der Waals surface area contributed by atoms with Crippen molar-refractivity contribution in [3.05, 3.63) is 65.9 Å². The van der Waals surface area contributed by atoms with Gasteiger partial charge < -0.3 is 4.98 Å². The van der Waals surface area contributed by atoms with E-state index in [9.17, 15) is 18.0 Å². The number of nitrogens with one attached hydrogen (secondary N) is 4. The second-order valence-corrected chi connectivity index (χ2v) is 9.90. The molecule has 3 aromatic rings. The smallest absolute Gasteiger partial charge is 0.256 e. The van der Waals surface area contributed by atoms with Crippen LogP contribution in [0.15, 0.2) is 59.6 Å². The van der Waals surface area contributed by atoms with E-state index in [0.717, 1.165) is 22.0 Å². The molecule has 0 spiro atoms. The van der Waals surface area contributed by atoms with Gasteiger partial charge in [-0.25, -0.2) is 8.42 Å². The van der Waals surface area contributed by atoms with E-state index < -0.39 is 27.9 Å². The summed E-state index contributed by atoms with van der Waals surface area (Å²) >= 11 is 0. The average molecular weight is 457 g/mol. The number of hydrogen-bond donors (Lipinski definition) is 4. The van der Waals surface area contributed by atoms with Crippen LogP contribution in [0.5, 0.6) is 0 Å². The Morgan fingerprint density at radius 3 is 2.38 bits per heavy atom. The number of hydrogen-bond acceptors (Lipinski definition) is 4. The first-order valence-corrected chi connectivity index (χ1v) is 11.9. The molecule has 0 saturated carbocycles. The van der Waals surface area contributed by atoms with Crippen LogP contribution in [0.2, 0.25) is 0 Å². The standard InChI is InChI=1S/C23H28N4O4S/c1-15(2)12-21(27-32(30,31)18-10-8-16(3)9-11-18)23(29)26-25-22(28)13-17-14-24-20-7-5-4-6-19(17)20/h4-11,14-15,21,24,27H,12-13H2,1-3H3,(H,25,28)(H,26,29). The fraction of sp³-hybridized carbons (Fsp3) is 0.304.